The third kappa shape index (κ3) is 5.08. The third-order valence-corrected chi connectivity index (χ3v) is 6.90. The molecule has 1 aliphatic carbocycles. The van der Waals surface area contributed by atoms with Gasteiger partial charge in [-0.1, -0.05) is 26.0 Å². The second-order valence-corrected chi connectivity index (χ2v) is 9.72. The molecule has 2 heterocycles. The Balaban J connectivity index is 1.32. The highest BCUT2D eigenvalue weighted by Gasteiger charge is 2.51. The molecule has 2 aliphatic heterocycles. The monoisotopic (exact) mass is 386 g/mol. The smallest absolute Gasteiger partial charge is 0.118 e. The van der Waals surface area contributed by atoms with E-state index in [2.05, 4.69) is 47.9 Å². The highest BCUT2D eigenvalue weighted by atomic mass is 16.5. The molecule has 4 rings (SSSR count). The molecule has 1 atom stereocenters. The zero-order chi connectivity index (χ0) is 19.6. The number of rotatable bonds is 7. The zero-order valence-corrected chi connectivity index (χ0v) is 18.0. The maximum atomic E-state index is 6.68. The summed E-state index contributed by atoms with van der Waals surface area (Å²) in [5.41, 5.74) is 1.55. The van der Waals surface area contributed by atoms with E-state index in [9.17, 15) is 0 Å². The summed E-state index contributed by atoms with van der Waals surface area (Å²) in [4.78, 5) is 5.31. The van der Waals surface area contributed by atoms with Crippen molar-refractivity contribution in [2.45, 2.75) is 64.2 Å². The molecular weight excluding hydrogens is 348 g/mol. The first-order valence-corrected chi connectivity index (χ1v) is 11.3. The summed E-state index contributed by atoms with van der Waals surface area (Å²) in [6.45, 7) is 11.6. The van der Waals surface area contributed by atoms with Gasteiger partial charge >= 0.3 is 0 Å². The van der Waals surface area contributed by atoms with Crippen LogP contribution >= 0.6 is 0 Å². The van der Waals surface area contributed by atoms with Crippen molar-refractivity contribution in [1.29, 1.82) is 0 Å². The minimum Gasteiger partial charge on any atom is -0.497 e. The van der Waals surface area contributed by atoms with Gasteiger partial charge in [0.2, 0.25) is 0 Å². The quantitative estimate of drug-likeness (QED) is 0.702. The fraction of sp³-hybridized carbons (Fsp3) is 0.750. The summed E-state index contributed by atoms with van der Waals surface area (Å²) >= 11 is 0. The number of methoxy groups -OCH3 is 1. The Morgan fingerprint density at radius 2 is 1.82 bits per heavy atom. The van der Waals surface area contributed by atoms with Gasteiger partial charge in [0.05, 0.1) is 18.8 Å². The molecule has 0 radical (unpaired) electrons. The van der Waals surface area contributed by atoms with Crippen LogP contribution in [0.3, 0.4) is 0 Å². The summed E-state index contributed by atoms with van der Waals surface area (Å²) in [7, 11) is 1.73. The Morgan fingerprint density at radius 1 is 1.11 bits per heavy atom. The number of piperidine rings is 1. The van der Waals surface area contributed by atoms with Gasteiger partial charge in [-0.05, 0) is 81.3 Å². The van der Waals surface area contributed by atoms with Gasteiger partial charge in [-0.25, -0.2) is 0 Å². The largest absolute Gasteiger partial charge is 0.497 e. The first-order valence-electron chi connectivity index (χ1n) is 11.3. The molecule has 0 amide bonds. The second-order valence-electron chi connectivity index (χ2n) is 9.72. The van der Waals surface area contributed by atoms with E-state index in [1.165, 1.54) is 57.3 Å². The SMILES string of the molecule is COc1ccc(CN2CC(C3CCN(CCC(C)C)CC3)OC3(CC3)C2)cc1. The number of hydrogen-bond acceptors (Lipinski definition) is 4. The molecule has 2 saturated heterocycles. The van der Waals surface area contributed by atoms with E-state index in [1.807, 2.05) is 0 Å². The zero-order valence-electron chi connectivity index (χ0n) is 18.0. The van der Waals surface area contributed by atoms with E-state index >= 15 is 0 Å². The van der Waals surface area contributed by atoms with Crippen LogP contribution in [0.5, 0.6) is 5.75 Å². The highest BCUT2D eigenvalue weighted by molar-refractivity contribution is 5.27. The van der Waals surface area contributed by atoms with E-state index in [0.29, 0.717) is 6.10 Å². The van der Waals surface area contributed by atoms with Crippen LogP contribution in [0.2, 0.25) is 0 Å². The maximum Gasteiger partial charge on any atom is 0.118 e. The normalized spacial score (nSPS) is 26.1. The summed E-state index contributed by atoms with van der Waals surface area (Å²) in [5, 5.41) is 0. The Morgan fingerprint density at radius 3 is 2.43 bits per heavy atom. The molecule has 0 bridgehead atoms. The van der Waals surface area contributed by atoms with Gasteiger partial charge in [-0.2, -0.15) is 0 Å². The lowest BCUT2D eigenvalue weighted by Crippen LogP contribution is -2.52. The fourth-order valence-corrected chi connectivity index (χ4v) is 4.88. The number of benzene rings is 1. The molecule has 156 valence electrons. The standard InChI is InChI=1S/C24H38N2O2/c1-19(2)8-13-25-14-9-21(10-15-25)23-17-26(18-24(28-23)11-12-24)16-20-4-6-22(27-3)7-5-20/h4-7,19,21,23H,8-18H2,1-3H3. The number of hydrogen-bond donors (Lipinski definition) is 0. The summed E-state index contributed by atoms with van der Waals surface area (Å²) in [6, 6.07) is 8.56. The summed E-state index contributed by atoms with van der Waals surface area (Å²) < 4.78 is 12.0. The van der Waals surface area contributed by atoms with Crippen molar-refractivity contribution in [1.82, 2.24) is 9.80 Å². The van der Waals surface area contributed by atoms with Crippen LogP contribution in [0.1, 0.15) is 51.5 Å². The Bertz CT molecular complexity index is 618. The average molecular weight is 387 g/mol. The van der Waals surface area contributed by atoms with Crippen LogP contribution in [0.25, 0.3) is 0 Å². The first-order chi connectivity index (χ1) is 13.5. The van der Waals surface area contributed by atoms with Crippen LogP contribution in [0.4, 0.5) is 0 Å². The second kappa shape index (κ2) is 8.73. The molecule has 1 unspecified atom stereocenters. The summed E-state index contributed by atoms with van der Waals surface area (Å²) in [6.07, 6.45) is 6.83. The van der Waals surface area contributed by atoms with Crippen LogP contribution < -0.4 is 4.74 Å². The maximum absolute atomic E-state index is 6.68. The average Bonchev–Trinajstić information content (AvgIpc) is 3.45. The molecule has 0 N–H and O–H groups in total. The van der Waals surface area contributed by atoms with E-state index in [1.54, 1.807) is 7.11 Å². The molecular formula is C24H38N2O2. The lowest BCUT2D eigenvalue weighted by atomic mass is 9.89. The van der Waals surface area contributed by atoms with E-state index in [4.69, 9.17) is 9.47 Å². The van der Waals surface area contributed by atoms with Crippen LogP contribution in [0.15, 0.2) is 24.3 Å². The van der Waals surface area contributed by atoms with Crippen LogP contribution in [-0.4, -0.2) is 61.3 Å². The molecule has 3 fully saturated rings. The molecule has 1 saturated carbocycles. The minimum atomic E-state index is 0.171. The van der Waals surface area contributed by atoms with Crippen LogP contribution in [0, 0.1) is 11.8 Å². The predicted molar refractivity (Wildman–Crippen MR) is 114 cm³/mol. The van der Waals surface area contributed by atoms with Crippen molar-refractivity contribution >= 4 is 0 Å². The van der Waals surface area contributed by atoms with Crippen molar-refractivity contribution in [3.63, 3.8) is 0 Å². The number of nitrogens with zero attached hydrogens (tertiary/aromatic N) is 2. The van der Waals surface area contributed by atoms with Gasteiger partial charge in [0.25, 0.3) is 0 Å². The number of morpholine rings is 1. The Kier molecular flexibility index (Phi) is 6.29. The van der Waals surface area contributed by atoms with Crippen LogP contribution in [-0.2, 0) is 11.3 Å². The van der Waals surface area contributed by atoms with Gasteiger partial charge in [0, 0.05) is 19.6 Å². The van der Waals surface area contributed by atoms with Crippen molar-refractivity contribution in [3.05, 3.63) is 29.8 Å². The topological polar surface area (TPSA) is 24.9 Å². The van der Waals surface area contributed by atoms with Gasteiger partial charge in [-0.15, -0.1) is 0 Å². The number of ether oxygens (including phenoxy) is 2. The van der Waals surface area contributed by atoms with E-state index in [0.717, 1.165) is 37.2 Å². The van der Waals surface area contributed by atoms with Gasteiger partial charge in [0.1, 0.15) is 5.75 Å². The molecule has 4 nitrogen and oxygen atoms in total. The molecule has 3 aliphatic rings. The molecule has 1 spiro atoms. The van der Waals surface area contributed by atoms with Crippen molar-refractivity contribution in [2.24, 2.45) is 11.8 Å². The highest BCUT2D eigenvalue weighted by Crippen LogP contribution is 2.46. The molecule has 0 aromatic heterocycles. The van der Waals surface area contributed by atoms with Gasteiger partial charge in [0.15, 0.2) is 0 Å². The summed E-state index contributed by atoms with van der Waals surface area (Å²) in [5.74, 6) is 2.47. The van der Waals surface area contributed by atoms with Crippen molar-refractivity contribution in [2.75, 3.05) is 39.8 Å². The minimum absolute atomic E-state index is 0.171. The van der Waals surface area contributed by atoms with Gasteiger partial charge in [-0.3, -0.25) is 4.90 Å². The lowest BCUT2D eigenvalue weighted by Gasteiger charge is -2.44. The molecule has 4 heteroatoms. The fourth-order valence-electron chi connectivity index (χ4n) is 4.88. The van der Waals surface area contributed by atoms with Crippen molar-refractivity contribution < 1.29 is 9.47 Å². The molecule has 28 heavy (non-hydrogen) atoms. The van der Waals surface area contributed by atoms with Gasteiger partial charge < -0.3 is 14.4 Å². The third-order valence-electron chi connectivity index (χ3n) is 6.90. The Labute approximate surface area is 171 Å². The molecule has 1 aromatic carbocycles. The van der Waals surface area contributed by atoms with E-state index < -0.39 is 0 Å². The van der Waals surface area contributed by atoms with E-state index in [-0.39, 0.29) is 5.60 Å². The first kappa shape index (κ1) is 20.2. The lowest BCUT2D eigenvalue weighted by molar-refractivity contribution is -0.132. The molecule has 1 aromatic rings. The van der Waals surface area contributed by atoms with Crippen molar-refractivity contribution in [3.8, 4) is 5.75 Å². The predicted octanol–water partition coefficient (Wildman–Crippen LogP) is 4.19. The number of likely N-dealkylation sites (tertiary alicyclic amines) is 1. The Hall–Kier alpha value is -1.10.